The molecule has 0 saturated heterocycles. The number of nitrogens with zero attached hydrogens (tertiary/aromatic N) is 2. The number of hydrogen-bond acceptors (Lipinski definition) is 5. The van der Waals surface area contributed by atoms with Gasteiger partial charge in [-0.05, 0) is 30.0 Å². The highest BCUT2D eigenvalue weighted by Gasteiger charge is 2.24. The molecule has 3 unspecified atom stereocenters. The third kappa shape index (κ3) is 6.49. The molecule has 0 spiro atoms. The topological polar surface area (TPSA) is 110 Å². The molecular weight excluding hydrogens is 378 g/mol. The average molecular weight is 406 g/mol. The van der Waals surface area contributed by atoms with Crippen molar-refractivity contribution >= 4 is 16.7 Å². The van der Waals surface area contributed by atoms with Gasteiger partial charge in [0, 0.05) is 31.3 Å². The van der Waals surface area contributed by atoms with Crippen molar-refractivity contribution in [3.05, 3.63) is 70.3 Å². The van der Waals surface area contributed by atoms with E-state index in [9.17, 15) is 19.4 Å². The number of aliphatic hydroxyl groups excluding tert-OH is 1. The highest BCUT2D eigenvalue weighted by atomic mass is 32.2. The maximum atomic E-state index is 13.0. The highest BCUT2D eigenvalue weighted by molar-refractivity contribution is 7.82. The van der Waals surface area contributed by atoms with Gasteiger partial charge in [-0.25, -0.2) is 8.51 Å². The van der Waals surface area contributed by atoms with Gasteiger partial charge in [-0.3, -0.25) is 10.1 Å². The Kier molecular flexibility index (Phi) is 8.25. The Bertz CT molecular complexity index is 784. The lowest BCUT2D eigenvalue weighted by molar-refractivity contribution is -0.384. The molecule has 0 aliphatic heterocycles. The van der Waals surface area contributed by atoms with E-state index in [2.05, 4.69) is 0 Å². The van der Waals surface area contributed by atoms with Crippen molar-refractivity contribution < 1.29 is 14.2 Å². The number of rotatable bonds is 10. The smallest absolute Gasteiger partial charge is 0.269 e. The minimum absolute atomic E-state index is 0.0546. The van der Waals surface area contributed by atoms with Gasteiger partial charge in [-0.15, -0.1) is 0 Å². The van der Waals surface area contributed by atoms with Crippen LogP contribution in [-0.4, -0.2) is 43.8 Å². The van der Waals surface area contributed by atoms with Crippen LogP contribution in [0.3, 0.4) is 0 Å². The molecule has 3 N–H and O–H groups in total. The summed E-state index contributed by atoms with van der Waals surface area (Å²) in [5.74, 6) is 0.222. The minimum Gasteiger partial charge on any atom is -0.390 e. The molecule has 0 bridgehead atoms. The maximum Gasteiger partial charge on any atom is 0.269 e. The summed E-state index contributed by atoms with van der Waals surface area (Å²) in [4.78, 5) is 10.8. The van der Waals surface area contributed by atoms with Crippen LogP contribution in [0.2, 0.25) is 0 Å². The van der Waals surface area contributed by atoms with Crippen LogP contribution in [0.4, 0.5) is 5.69 Å². The molecule has 0 fully saturated rings. The Morgan fingerprint density at radius 1 is 1.11 bits per heavy atom. The molecular formula is C20H27N3O4S. The molecule has 0 heterocycles. The Hall–Kier alpha value is -2.13. The molecule has 0 aliphatic rings. The van der Waals surface area contributed by atoms with E-state index < -0.39 is 28.1 Å². The number of nitro groups is 1. The van der Waals surface area contributed by atoms with Crippen molar-refractivity contribution in [2.75, 3.05) is 13.1 Å². The molecule has 2 aromatic rings. The lowest BCUT2D eigenvalue weighted by atomic mass is 10.0. The fourth-order valence-corrected chi connectivity index (χ4v) is 4.21. The second kappa shape index (κ2) is 10.4. The summed E-state index contributed by atoms with van der Waals surface area (Å²) in [5, 5.41) is 21.4. The first-order chi connectivity index (χ1) is 13.3. The SMILES string of the molecule is CC(C)CN(CC(O)C(N)Cc1ccccc1)S(=O)c1ccc([N+](=O)[O-])cc1. The van der Waals surface area contributed by atoms with E-state index in [-0.39, 0.29) is 18.2 Å². The highest BCUT2D eigenvalue weighted by Crippen LogP contribution is 2.18. The second-order valence-corrected chi connectivity index (χ2v) is 8.65. The quantitative estimate of drug-likeness (QED) is 0.466. The summed E-state index contributed by atoms with van der Waals surface area (Å²) in [6.45, 7) is 4.64. The van der Waals surface area contributed by atoms with E-state index in [0.29, 0.717) is 17.9 Å². The van der Waals surface area contributed by atoms with Crippen LogP contribution in [0.25, 0.3) is 0 Å². The molecule has 0 radical (unpaired) electrons. The fourth-order valence-electron chi connectivity index (χ4n) is 2.82. The lowest BCUT2D eigenvalue weighted by Crippen LogP contribution is -2.46. The Labute approximate surface area is 167 Å². The third-order valence-electron chi connectivity index (χ3n) is 4.25. The van der Waals surface area contributed by atoms with Gasteiger partial charge in [0.1, 0.15) is 11.0 Å². The Morgan fingerprint density at radius 2 is 1.71 bits per heavy atom. The number of non-ortho nitro benzene ring substituents is 1. The predicted octanol–water partition coefficient (Wildman–Crippen LogP) is 2.51. The van der Waals surface area contributed by atoms with E-state index in [1.165, 1.54) is 24.3 Å². The van der Waals surface area contributed by atoms with Crippen molar-refractivity contribution in [1.82, 2.24) is 4.31 Å². The van der Waals surface area contributed by atoms with E-state index in [1.807, 2.05) is 44.2 Å². The van der Waals surface area contributed by atoms with Crippen LogP contribution in [0, 0.1) is 16.0 Å². The minimum atomic E-state index is -1.55. The number of nitro benzene ring substituents is 1. The average Bonchev–Trinajstić information content (AvgIpc) is 2.67. The van der Waals surface area contributed by atoms with E-state index in [0.717, 1.165) is 5.56 Å². The van der Waals surface area contributed by atoms with Crippen molar-refractivity contribution in [2.24, 2.45) is 11.7 Å². The summed E-state index contributed by atoms with van der Waals surface area (Å²) < 4.78 is 14.7. The second-order valence-electron chi connectivity index (χ2n) is 7.16. The summed E-state index contributed by atoms with van der Waals surface area (Å²) in [5.41, 5.74) is 7.14. The van der Waals surface area contributed by atoms with Crippen LogP contribution in [-0.2, 0) is 17.4 Å². The third-order valence-corrected chi connectivity index (χ3v) is 5.69. The van der Waals surface area contributed by atoms with Gasteiger partial charge < -0.3 is 10.8 Å². The van der Waals surface area contributed by atoms with Gasteiger partial charge in [0.25, 0.3) is 5.69 Å². The van der Waals surface area contributed by atoms with Crippen LogP contribution in [0.1, 0.15) is 19.4 Å². The number of aliphatic hydroxyl groups is 1. The molecule has 0 saturated carbocycles. The molecule has 28 heavy (non-hydrogen) atoms. The van der Waals surface area contributed by atoms with E-state index in [1.54, 1.807) is 4.31 Å². The van der Waals surface area contributed by atoms with E-state index in [4.69, 9.17) is 5.73 Å². The molecule has 7 nitrogen and oxygen atoms in total. The number of hydrogen-bond donors (Lipinski definition) is 2. The zero-order valence-electron chi connectivity index (χ0n) is 16.1. The van der Waals surface area contributed by atoms with Crippen molar-refractivity contribution in [1.29, 1.82) is 0 Å². The standard InChI is InChI=1S/C20H27N3O4S/c1-15(2)13-22(28(27)18-10-8-17(9-11-18)23(25)26)14-20(24)19(21)12-16-6-4-3-5-7-16/h3-11,15,19-20,24H,12-14,21H2,1-2H3. The van der Waals surface area contributed by atoms with Crippen LogP contribution in [0.15, 0.2) is 59.5 Å². The normalized spacial score (nSPS) is 14.8. The van der Waals surface area contributed by atoms with Gasteiger partial charge in [-0.2, -0.15) is 0 Å². The predicted molar refractivity (Wildman–Crippen MR) is 110 cm³/mol. The van der Waals surface area contributed by atoms with Gasteiger partial charge >= 0.3 is 0 Å². The van der Waals surface area contributed by atoms with Crippen LogP contribution < -0.4 is 5.73 Å². The summed E-state index contributed by atoms with van der Waals surface area (Å²) in [6, 6.07) is 14.8. The monoisotopic (exact) mass is 405 g/mol. The summed E-state index contributed by atoms with van der Waals surface area (Å²) in [7, 11) is -1.55. The molecule has 8 heteroatoms. The first kappa shape index (κ1) is 22.2. The first-order valence-electron chi connectivity index (χ1n) is 9.16. The molecule has 0 aromatic heterocycles. The molecule has 0 aliphatic carbocycles. The van der Waals surface area contributed by atoms with Crippen molar-refractivity contribution in [2.45, 2.75) is 37.3 Å². The van der Waals surface area contributed by atoms with Crippen LogP contribution in [0.5, 0.6) is 0 Å². The van der Waals surface area contributed by atoms with Crippen molar-refractivity contribution in [3.63, 3.8) is 0 Å². The molecule has 0 amide bonds. The fraction of sp³-hybridized carbons (Fsp3) is 0.400. The van der Waals surface area contributed by atoms with Gasteiger partial charge in [0.15, 0.2) is 0 Å². The molecule has 152 valence electrons. The largest absolute Gasteiger partial charge is 0.390 e. The Balaban J connectivity index is 2.09. The zero-order valence-corrected chi connectivity index (χ0v) is 16.9. The number of benzene rings is 2. The number of nitrogens with two attached hydrogens (primary N) is 1. The zero-order chi connectivity index (χ0) is 20.7. The van der Waals surface area contributed by atoms with Gasteiger partial charge in [0.05, 0.1) is 15.9 Å². The lowest BCUT2D eigenvalue weighted by Gasteiger charge is -2.28. The first-order valence-corrected chi connectivity index (χ1v) is 10.3. The van der Waals surface area contributed by atoms with Gasteiger partial charge in [-0.1, -0.05) is 44.2 Å². The molecule has 2 aromatic carbocycles. The molecule has 3 atom stereocenters. The molecule has 2 rings (SSSR count). The van der Waals surface area contributed by atoms with Crippen molar-refractivity contribution in [3.8, 4) is 0 Å². The summed E-state index contributed by atoms with van der Waals surface area (Å²) in [6.07, 6.45) is -0.345. The Morgan fingerprint density at radius 3 is 2.25 bits per heavy atom. The van der Waals surface area contributed by atoms with Crippen LogP contribution >= 0.6 is 0 Å². The maximum absolute atomic E-state index is 13.0. The van der Waals surface area contributed by atoms with Gasteiger partial charge in [0.2, 0.25) is 0 Å². The summed E-state index contributed by atoms with van der Waals surface area (Å²) >= 11 is 0. The van der Waals surface area contributed by atoms with E-state index >= 15 is 0 Å².